The minimum atomic E-state index is -4.70. The molecule has 0 heterocycles. The number of hydrogen-bond acceptors (Lipinski definition) is 7. The maximum atomic E-state index is 13.5. The van der Waals surface area contributed by atoms with E-state index in [0.717, 1.165) is 77.0 Å². The van der Waals surface area contributed by atoms with Crippen LogP contribution in [0, 0.1) is 0 Å². The number of ether oxygens (including phenoxy) is 1. The van der Waals surface area contributed by atoms with E-state index in [4.69, 9.17) is 13.8 Å². The molecule has 10 heteroatoms. The molecule has 1 amide bonds. The Morgan fingerprint density at radius 3 is 1.26 bits per heavy atom. The number of allylic oxidation sites excluding steroid dienone is 7. The average molecular weight is 1060 g/mol. The summed E-state index contributed by atoms with van der Waals surface area (Å²) in [5.74, 6) is -0.535. The molecular formula is C64H121N2O7P. The number of amides is 1. The Morgan fingerprint density at radius 1 is 0.473 bits per heavy atom. The van der Waals surface area contributed by atoms with Crippen LogP contribution in [0.25, 0.3) is 0 Å². The highest BCUT2D eigenvalue weighted by Gasteiger charge is 2.27. The van der Waals surface area contributed by atoms with E-state index in [1.807, 2.05) is 33.3 Å². The number of carbonyl (C=O) groups excluding carboxylic acids is 2. The van der Waals surface area contributed by atoms with Crippen LogP contribution in [0.4, 0.5) is 0 Å². The van der Waals surface area contributed by atoms with Crippen molar-refractivity contribution in [1.82, 2.24) is 5.32 Å². The van der Waals surface area contributed by atoms with Gasteiger partial charge in [0.05, 0.1) is 33.8 Å². The normalized spacial score (nSPS) is 14.0. The number of esters is 1. The van der Waals surface area contributed by atoms with Gasteiger partial charge in [0, 0.05) is 12.8 Å². The molecule has 3 atom stereocenters. The molecular weight excluding hydrogens is 940 g/mol. The molecule has 9 nitrogen and oxygen atoms in total. The van der Waals surface area contributed by atoms with Crippen LogP contribution in [-0.4, -0.2) is 69.4 Å². The van der Waals surface area contributed by atoms with Gasteiger partial charge >= 0.3 is 5.97 Å². The van der Waals surface area contributed by atoms with Crippen molar-refractivity contribution in [1.29, 1.82) is 0 Å². The predicted octanol–water partition coefficient (Wildman–Crippen LogP) is 18.6. The van der Waals surface area contributed by atoms with Crippen molar-refractivity contribution >= 4 is 19.7 Å². The summed E-state index contributed by atoms with van der Waals surface area (Å²) < 4.78 is 30.3. The van der Waals surface area contributed by atoms with E-state index in [2.05, 4.69) is 62.5 Å². The van der Waals surface area contributed by atoms with Crippen molar-refractivity contribution in [2.45, 2.75) is 309 Å². The lowest BCUT2D eigenvalue weighted by atomic mass is 10.0. The third-order valence-electron chi connectivity index (χ3n) is 14.0. The highest BCUT2D eigenvalue weighted by molar-refractivity contribution is 7.45. The molecule has 0 aliphatic carbocycles. The second kappa shape index (κ2) is 54.3. The lowest BCUT2D eigenvalue weighted by molar-refractivity contribution is -0.870. The SMILES string of the molecule is CCCCC/C=C\C/C=C\C/C=C\CCCCCCCCCCCCC(=O)NC(COP(=O)([O-])OCC[N+](C)(C)C)C(/C=C\CCCCCCCCCCCC)OC(=O)CCCCCCCCCCCCCCC. The summed E-state index contributed by atoms with van der Waals surface area (Å²) in [5, 5.41) is 3.03. The van der Waals surface area contributed by atoms with E-state index in [-0.39, 0.29) is 31.5 Å². The molecule has 0 spiro atoms. The number of rotatable bonds is 57. The molecule has 0 aliphatic heterocycles. The minimum Gasteiger partial charge on any atom is -0.756 e. The van der Waals surface area contributed by atoms with E-state index in [1.165, 1.54) is 186 Å². The second-order valence-corrected chi connectivity index (χ2v) is 24.0. The molecule has 0 radical (unpaired) electrons. The van der Waals surface area contributed by atoms with Gasteiger partial charge in [0.2, 0.25) is 5.91 Å². The standard InChI is InChI=1S/C64H121N2O7P/c1-7-10-13-16-19-22-25-28-29-30-31-32-33-34-35-36-37-39-41-44-47-50-53-56-63(67)65-61(60-72-74(69,70)71-59-58-66(4,5)6)62(55-52-49-46-43-40-27-24-21-18-15-12-9-3)73-64(68)57-54-51-48-45-42-38-26-23-20-17-14-11-8-2/h19,22,28-29,31-32,52,55,61-62H,7-18,20-21,23-27,30,33-51,53-54,56-60H2,1-6H3,(H-,65,67,69,70)/b22-19-,29-28-,32-31-,55-52-. The predicted molar refractivity (Wildman–Crippen MR) is 316 cm³/mol. The fraction of sp³-hybridized carbons (Fsp3) is 0.844. The average Bonchev–Trinajstić information content (AvgIpc) is 3.36. The highest BCUT2D eigenvalue weighted by atomic mass is 31.2. The van der Waals surface area contributed by atoms with Crippen LogP contribution in [0.1, 0.15) is 297 Å². The quantitative estimate of drug-likeness (QED) is 0.0212. The Labute approximate surface area is 458 Å². The third-order valence-corrected chi connectivity index (χ3v) is 15.0. The summed E-state index contributed by atoms with van der Waals surface area (Å²) in [7, 11) is 1.19. The molecule has 0 aromatic carbocycles. The monoisotopic (exact) mass is 1060 g/mol. The van der Waals surface area contributed by atoms with Gasteiger partial charge in [-0.25, -0.2) is 0 Å². The number of phosphoric ester groups is 1. The molecule has 0 rings (SSSR count). The minimum absolute atomic E-state index is 0.0219. The van der Waals surface area contributed by atoms with E-state index >= 15 is 0 Å². The van der Waals surface area contributed by atoms with Gasteiger partial charge < -0.3 is 28.5 Å². The van der Waals surface area contributed by atoms with Crippen LogP contribution < -0.4 is 10.2 Å². The molecule has 0 bridgehead atoms. The summed E-state index contributed by atoms with van der Waals surface area (Å²) in [4.78, 5) is 39.9. The topological polar surface area (TPSA) is 114 Å². The van der Waals surface area contributed by atoms with Crippen LogP contribution in [0.3, 0.4) is 0 Å². The first-order valence-electron chi connectivity index (χ1n) is 31.4. The van der Waals surface area contributed by atoms with Crippen molar-refractivity contribution < 1.29 is 37.3 Å². The summed E-state index contributed by atoms with van der Waals surface area (Å²) in [6, 6.07) is -0.887. The van der Waals surface area contributed by atoms with E-state index < -0.39 is 20.0 Å². The molecule has 0 aromatic rings. The molecule has 434 valence electrons. The van der Waals surface area contributed by atoms with Crippen molar-refractivity contribution in [2.75, 3.05) is 40.9 Å². The van der Waals surface area contributed by atoms with Gasteiger partial charge in [-0.15, -0.1) is 0 Å². The van der Waals surface area contributed by atoms with E-state index in [1.54, 1.807) is 0 Å². The Balaban J connectivity index is 5.16. The van der Waals surface area contributed by atoms with Gasteiger partial charge in [0.25, 0.3) is 7.82 Å². The van der Waals surface area contributed by atoms with Gasteiger partial charge in [-0.3, -0.25) is 14.2 Å². The third kappa shape index (κ3) is 54.7. The number of carbonyl (C=O) groups is 2. The van der Waals surface area contributed by atoms with Gasteiger partial charge in [-0.05, 0) is 70.3 Å². The number of likely N-dealkylation sites (N-methyl/N-ethyl adjacent to an activating group) is 1. The van der Waals surface area contributed by atoms with Crippen LogP contribution in [0.2, 0.25) is 0 Å². The van der Waals surface area contributed by atoms with Gasteiger partial charge in [0.1, 0.15) is 19.3 Å². The molecule has 0 saturated heterocycles. The number of nitrogens with one attached hydrogen (secondary N) is 1. The largest absolute Gasteiger partial charge is 0.756 e. The number of hydrogen-bond donors (Lipinski definition) is 1. The number of nitrogens with zero attached hydrogens (tertiary/aromatic N) is 1. The lowest BCUT2D eigenvalue weighted by Gasteiger charge is -2.30. The Kier molecular flexibility index (Phi) is 52.8. The summed E-state index contributed by atoms with van der Waals surface area (Å²) in [6.07, 6.45) is 66.4. The van der Waals surface area contributed by atoms with Crippen molar-refractivity contribution in [3.63, 3.8) is 0 Å². The van der Waals surface area contributed by atoms with Crippen molar-refractivity contribution in [2.24, 2.45) is 0 Å². The van der Waals surface area contributed by atoms with Crippen LogP contribution in [0.15, 0.2) is 48.6 Å². The highest BCUT2D eigenvalue weighted by Crippen LogP contribution is 2.38. The summed E-state index contributed by atoms with van der Waals surface area (Å²) in [5.41, 5.74) is 0. The molecule has 0 aliphatic rings. The second-order valence-electron chi connectivity index (χ2n) is 22.6. The van der Waals surface area contributed by atoms with E-state index in [0.29, 0.717) is 17.4 Å². The van der Waals surface area contributed by atoms with Crippen LogP contribution >= 0.6 is 7.82 Å². The maximum Gasteiger partial charge on any atom is 0.306 e. The first kappa shape index (κ1) is 72.0. The Bertz CT molecular complexity index is 1410. The fourth-order valence-electron chi connectivity index (χ4n) is 9.12. The van der Waals surface area contributed by atoms with Gasteiger partial charge in [-0.1, -0.05) is 262 Å². The molecule has 3 unspecified atom stereocenters. The lowest BCUT2D eigenvalue weighted by Crippen LogP contribution is -2.47. The maximum absolute atomic E-state index is 13.5. The van der Waals surface area contributed by atoms with E-state index in [9.17, 15) is 19.0 Å². The summed E-state index contributed by atoms with van der Waals surface area (Å²) >= 11 is 0. The zero-order valence-electron chi connectivity index (χ0n) is 49.6. The van der Waals surface area contributed by atoms with Crippen molar-refractivity contribution in [3.8, 4) is 0 Å². The molecule has 1 N–H and O–H groups in total. The molecule has 0 fully saturated rings. The molecule has 0 saturated carbocycles. The Hall–Kier alpha value is -2.03. The number of phosphoric acid groups is 1. The number of unbranched alkanes of at least 4 members (excludes halogenated alkanes) is 35. The summed E-state index contributed by atoms with van der Waals surface area (Å²) in [6.45, 7) is 6.83. The van der Waals surface area contributed by atoms with Crippen LogP contribution in [-0.2, 0) is 27.9 Å². The van der Waals surface area contributed by atoms with Gasteiger partial charge in [-0.2, -0.15) is 0 Å². The fourth-order valence-corrected chi connectivity index (χ4v) is 9.84. The van der Waals surface area contributed by atoms with Crippen LogP contribution in [0.5, 0.6) is 0 Å². The first-order valence-corrected chi connectivity index (χ1v) is 32.9. The zero-order chi connectivity index (χ0) is 54.3. The van der Waals surface area contributed by atoms with Crippen molar-refractivity contribution in [3.05, 3.63) is 48.6 Å². The zero-order valence-corrected chi connectivity index (χ0v) is 50.4. The smallest absolute Gasteiger partial charge is 0.306 e. The number of quaternary nitrogens is 1. The van der Waals surface area contributed by atoms with Gasteiger partial charge in [0.15, 0.2) is 0 Å². The first-order chi connectivity index (χ1) is 35.9. The Morgan fingerprint density at radius 2 is 0.824 bits per heavy atom. The molecule has 0 aromatic heterocycles. The molecule has 74 heavy (non-hydrogen) atoms.